The van der Waals surface area contributed by atoms with E-state index in [0.717, 1.165) is 21.4 Å². The Balaban J connectivity index is 1.44. The largest absolute Gasteiger partial charge is 0.450 e. The monoisotopic (exact) mass is 479 g/mol. The number of carbonyl (C=O) groups is 2. The topological polar surface area (TPSA) is 68.5 Å². The molecule has 0 aliphatic carbocycles. The van der Waals surface area contributed by atoms with Crippen LogP contribution in [-0.2, 0) is 15.3 Å². The van der Waals surface area contributed by atoms with Crippen LogP contribution in [0.1, 0.15) is 34.6 Å². The number of esters is 1. The summed E-state index contributed by atoms with van der Waals surface area (Å²) in [5, 5.41) is 4.34. The summed E-state index contributed by atoms with van der Waals surface area (Å²) in [6, 6.07) is 24.3. The van der Waals surface area contributed by atoms with E-state index < -0.39 is 12.6 Å². The second kappa shape index (κ2) is 10.6. The third kappa shape index (κ3) is 5.78. The highest BCUT2D eigenvalue weighted by molar-refractivity contribution is 7.98. The first-order chi connectivity index (χ1) is 16.0. The van der Waals surface area contributed by atoms with Gasteiger partial charge in [-0.2, -0.15) is 0 Å². The van der Waals surface area contributed by atoms with Crippen molar-refractivity contribution in [3.8, 4) is 0 Å². The summed E-state index contributed by atoms with van der Waals surface area (Å²) in [6.07, 6.45) is 0. The second-order valence-electron chi connectivity index (χ2n) is 7.42. The Hall–Kier alpha value is -3.22. The van der Waals surface area contributed by atoms with Gasteiger partial charge in [-0.15, -0.1) is 11.8 Å². The minimum absolute atomic E-state index is 0.113. The Morgan fingerprint density at radius 1 is 1.00 bits per heavy atom. The third-order valence-corrected chi connectivity index (χ3v) is 6.38. The summed E-state index contributed by atoms with van der Waals surface area (Å²) in [5.74, 6) is -0.435. The van der Waals surface area contributed by atoms with E-state index in [1.54, 1.807) is 17.8 Å². The van der Waals surface area contributed by atoms with Gasteiger partial charge < -0.3 is 14.5 Å². The fourth-order valence-corrected chi connectivity index (χ4v) is 4.45. The first kappa shape index (κ1) is 23.0. The Labute approximate surface area is 201 Å². The summed E-state index contributed by atoms with van der Waals surface area (Å²) in [4.78, 5) is 26.2. The van der Waals surface area contributed by atoms with Gasteiger partial charge in [0.15, 0.2) is 6.61 Å². The number of thioether (sulfide) groups is 1. The van der Waals surface area contributed by atoms with Gasteiger partial charge in [0.1, 0.15) is 5.58 Å². The van der Waals surface area contributed by atoms with Crippen LogP contribution in [0.15, 0.2) is 88.2 Å². The molecular weight excluding hydrogens is 458 g/mol. The van der Waals surface area contributed by atoms with Crippen LogP contribution < -0.4 is 5.32 Å². The minimum atomic E-state index is -0.666. The average Bonchev–Trinajstić information content (AvgIpc) is 3.21. The van der Waals surface area contributed by atoms with E-state index in [4.69, 9.17) is 20.8 Å². The smallest absolute Gasteiger partial charge is 0.375 e. The van der Waals surface area contributed by atoms with E-state index in [1.165, 1.54) is 0 Å². The highest BCUT2D eigenvalue weighted by Crippen LogP contribution is 2.33. The fourth-order valence-electron chi connectivity index (χ4n) is 3.40. The van der Waals surface area contributed by atoms with Crippen molar-refractivity contribution in [1.29, 1.82) is 0 Å². The number of para-hydroxylation sites is 1. The lowest BCUT2D eigenvalue weighted by atomic mass is 10.1. The molecule has 1 amide bonds. The van der Waals surface area contributed by atoms with Crippen LogP contribution in [-0.4, -0.2) is 18.5 Å². The molecule has 1 atom stereocenters. The Bertz CT molecular complexity index is 1250. The van der Waals surface area contributed by atoms with Crippen LogP contribution in [0.5, 0.6) is 0 Å². The molecule has 33 heavy (non-hydrogen) atoms. The number of fused-ring (bicyclic) bond motifs is 1. The number of ether oxygens (including phenoxy) is 1. The summed E-state index contributed by atoms with van der Waals surface area (Å²) in [6.45, 7) is 1.48. The van der Waals surface area contributed by atoms with Crippen molar-refractivity contribution in [2.24, 2.45) is 0 Å². The summed E-state index contributed by atoms with van der Waals surface area (Å²) < 4.78 is 11.1. The van der Waals surface area contributed by atoms with Crippen LogP contribution in [0.3, 0.4) is 0 Å². The summed E-state index contributed by atoms with van der Waals surface area (Å²) in [7, 11) is 0. The number of amides is 1. The standard InChI is InChI=1S/C26H22ClNO4S/c1-17(18-7-3-2-4-8-18)28-24(29)15-31-26(30)25-22(21-9-5-6-10-23(21)32-25)16-33-20-13-11-19(27)12-14-20/h2-14,17H,15-16H2,1H3,(H,28,29). The second-order valence-corrected chi connectivity index (χ2v) is 8.91. The van der Waals surface area contributed by atoms with Crippen LogP contribution in [0, 0.1) is 0 Å². The first-order valence-electron chi connectivity index (χ1n) is 10.4. The molecule has 4 rings (SSSR count). The average molecular weight is 480 g/mol. The molecule has 1 unspecified atom stereocenters. The van der Waals surface area contributed by atoms with E-state index in [2.05, 4.69) is 5.32 Å². The molecule has 1 aromatic heterocycles. The number of furan rings is 1. The number of hydrogen-bond acceptors (Lipinski definition) is 5. The molecule has 1 N–H and O–H groups in total. The number of benzene rings is 3. The molecule has 5 nitrogen and oxygen atoms in total. The Morgan fingerprint density at radius 3 is 2.45 bits per heavy atom. The summed E-state index contributed by atoms with van der Waals surface area (Å²) >= 11 is 7.52. The molecule has 1 heterocycles. The van der Waals surface area contributed by atoms with E-state index in [-0.39, 0.29) is 17.7 Å². The van der Waals surface area contributed by atoms with Crippen molar-refractivity contribution in [2.75, 3.05) is 6.61 Å². The van der Waals surface area contributed by atoms with Gasteiger partial charge in [-0.3, -0.25) is 4.79 Å². The van der Waals surface area contributed by atoms with Gasteiger partial charge in [0.25, 0.3) is 5.91 Å². The van der Waals surface area contributed by atoms with Gasteiger partial charge in [-0.1, -0.05) is 60.1 Å². The predicted molar refractivity (Wildman–Crippen MR) is 131 cm³/mol. The van der Waals surface area contributed by atoms with Gasteiger partial charge in [0.05, 0.1) is 6.04 Å². The molecule has 0 spiro atoms. The molecule has 4 aromatic rings. The zero-order valence-electron chi connectivity index (χ0n) is 17.9. The molecule has 7 heteroatoms. The number of nitrogens with one attached hydrogen (secondary N) is 1. The summed E-state index contributed by atoms with van der Waals surface area (Å²) in [5.41, 5.74) is 2.29. The maximum absolute atomic E-state index is 12.8. The lowest BCUT2D eigenvalue weighted by Gasteiger charge is -2.14. The maximum Gasteiger partial charge on any atom is 0.375 e. The quantitative estimate of drug-likeness (QED) is 0.233. The number of hydrogen-bond donors (Lipinski definition) is 1. The molecule has 0 saturated carbocycles. The maximum atomic E-state index is 12.8. The van der Waals surface area contributed by atoms with Crippen LogP contribution in [0.4, 0.5) is 0 Å². The molecule has 0 bridgehead atoms. The van der Waals surface area contributed by atoms with Crippen molar-refractivity contribution in [3.05, 3.63) is 101 Å². The van der Waals surface area contributed by atoms with Crippen LogP contribution in [0.2, 0.25) is 5.02 Å². The first-order valence-corrected chi connectivity index (χ1v) is 11.8. The van der Waals surface area contributed by atoms with Gasteiger partial charge in [0.2, 0.25) is 5.76 Å². The number of rotatable bonds is 8. The molecule has 0 aliphatic rings. The van der Waals surface area contributed by atoms with Gasteiger partial charge >= 0.3 is 5.97 Å². The molecule has 0 fully saturated rings. The van der Waals surface area contributed by atoms with Crippen LogP contribution in [0.25, 0.3) is 11.0 Å². The zero-order valence-corrected chi connectivity index (χ0v) is 19.5. The van der Waals surface area contributed by atoms with E-state index in [1.807, 2.05) is 79.7 Å². The van der Waals surface area contributed by atoms with E-state index in [0.29, 0.717) is 16.4 Å². The van der Waals surface area contributed by atoms with Crippen molar-refractivity contribution in [1.82, 2.24) is 5.32 Å². The normalized spacial score (nSPS) is 11.8. The molecular formula is C26H22ClNO4S. The Kier molecular flexibility index (Phi) is 7.37. The zero-order chi connectivity index (χ0) is 23.2. The van der Waals surface area contributed by atoms with Gasteiger partial charge in [-0.25, -0.2) is 4.79 Å². The van der Waals surface area contributed by atoms with Crippen LogP contribution >= 0.6 is 23.4 Å². The highest BCUT2D eigenvalue weighted by Gasteiger charge is 2.23. The molecule has 0 radical (unpaired) electrons. The van der Waals surface area contributed by atoms with Gasteiger partial charge in [-0.05, 0) is 42.8 Å². The van der Waals surface area contributed by atoms with Gasteiger partial charge in [0, 0.05) is 26.6 Å². The molecule has 0 aliphatic heterocycles. The molecule has 168 valence electrons. The van der Waals surface area contributed by atoms with Crippen molar-refractivity contribution >= 4 is 46.2 Å². The molecule has 0 saturated heterocycles. The highest BCUT2D eigenvalue weighted by atomic mass is 35.5. The SMILES string of the molecule is CC(NC(=O)COC(=O)c1oc2ccccc2c1CSc1ccc(Cl)cc1)c1ccccc1. The minimum Gasteiger partial charge on any atom is -0.450 e. The molecule has 3 aromatic carbocycles. The third-order valence-electron chi connectivity index (χ3n) is 5.09. The predicted octanol–water partition coefficient (Wildman–Crippen LogP) is 6.41. The van der Waals surface area contributed by atoms with Crippen molar-refractivity contribution in [2.45, 2.75) is 23.6 Å². The lowest BCUT2D eigenvalue weighted by Crippen LogP contribution is -2.31. The number of halogens is 1. The van der Waals surface area contributed by atoms with Crippen molar-refractivity contribution in [3.63, 3.8) is 0 Å². The van der Waals surface area contributed by atoms with Crippen molar-refractivity contribution < 1.29 is 18.7 Å². The van der Waals surface area contributed by atoms with E-state index in [9.17, 15) is 9.59 Å². The lowest BCUT2D eigenvalue weighted by molar-refractivity contribution is -0.124. The fraction of sp³-hybridized carbons (Fsp3) is 0.154. The number of carbonyl (C=O) groups excluding carboxylic acids is 2. The Morgan fingerprint density at radius 2 is 1.70 bits per heavy atom. The van der Waals surface area contributed by atoms with E-state index >= 15 is 0 Å².